The molecule has 0 saturated carbocycles. The summed E-state index contributed by atoms with van der Waals surface area (Å²) in [6.07, 6.45) is -1.57. The second-order valence-electron chi connectivity index (χ2n) is 16.8. The zero-order valence-electron chi connectivity index (χ0n) is 36.9. The molecule has 4 N–H and O–H groups in total. The van der Waals surface area contributed by atoms with Crippen LogP contribution in [0, 0.1) is 0 Å². The fraction of sp³-hybridized carbons (Fsp3) is 0.231. The van der Waals surface area contributed by atoms with Crippen molar-refractivity contribution in [3.63, 3.8) is 0 Å². The summed E-state index contributed by atoms with van der Waals surface area (Å²) in [5.41, 5.74) is 7.57. The Morgan fingerprint density at radius 1 is 0.456 bits per heavy atom. The van der Waals surface area contributed by atoms with E-state index in [0.717, 1.165) is 44.5 Å². The van der Waals surface area contributed by atoms with Crippen molar-refractivity contribution in [3.8, 4) is 23.0 Å². The largest absolute Gasteiger partial charge is 0.508 e. The molecule has 4 aliphatic rings. The summed E-state index contributed by atoms with van der Waals surface area (Å²) >= 11 is 12.7. The zero-order valence-corrected chi connectivity index (χ0v) is 40.0. The van der Waals surface area contributed by atoms with Gasteiger partial charge in [-0.1, -0.05) is 96.0 Å². The van der Waals surface area contributed by atoms with Crippen molar-refractivity contribution in [3.05, 3.63) is 178 Å². The zero-order chi connectivity index (χ0) is 48.1. The van der Waals surface area contributed by atoms with Gasteiger partial charge in [-0.2, -0.15) is 0 Å². The number of ether oxygens (including phenoxy) is 2. The monoisotopic (exact) mass is 994 g/mol. The number of halogens is 2. The topological polar surface area (TPSA) is 174 Å². The van der Waals surface area contributed by atoms with E-state index in [2.05, 4.69) is 0 Å². The molecular weight excluding hydrogens is 948 g/mol. The van der Waals surface area contributed by atoms with E-state index in [1.165, 1.54) is 8.61 Å². The predicted octanol–water partition coefficient (Wildman–Crippen LogP) is 10.1. The maximum absolute atomic E-state index is 13.9. The molecule has 6 atom stereocenters. The Balaban J connectivity index is 0.000000170. The lowest BCUT2D eigenvalue weighted by Crippen LogP contribution is -2.43. The van der Waals surface area contributed by atoms with Gasteiger partial charge >= 0.3 is 0 Å². The van der Waals surface area contributed by atoms with Crippen molar-refractivity contribution in [2.75, 3.05) is 21.7 Å². The van der Waals surface area contributed by atoms with E-state index in [-0.39, 0.29) is 36.1 Å². The second kappa shape index (κ2) is 18.8. The highest BCUT2D eigenvalue weighted by Crippen LogP contribution is 2.53. The van der Waals surface area contributed by atoms with Crippen LogP contribution in [-0.2, 0) is 29.5 Å². The number of phenols is 4. The van der Waals surface area contributed by atoms with Gasteiger partial charge in [0.05, 0.1) is 33.6 Å². The minimum Gasteiger partial charge on any atom is -0.508 e. The van der Waals surface area contributed by atoms with Crippen LogP contribution in [0.15, 0.2) is 146 Å². The quantitative estimate of drug-likeness (QED) is 0.0924. The first-order chi connectivity index (χ1) is 32.6. The number of phenolic OH excluding ortho intramolecular Hbond substituents is 4. The van der Waals surface area contributed by atoms with Gasteiger partial charge in [0.25, 0.3) is 0 Å². The van der Waals surface area contributed by atoms with Gasteiger partial charge in [0.15, 0.2) is 0 Å². The molecule has 0 spiro atoms. The predicted molar refractivity (Wildman–Crippen MR) is 267 cm³/mol. The van der Waals surface area contributed by atoms with Crippen molar-refractivity contribution in [2.45, 2.75) is 61.6 Å². The lowest BCUT2D eigenvalue weighted by Gasteiger charge is -2.31. The summed E-state index contributed by atoms with van der Waals surface area (Å²) in [4.78, 5) is 0. The van der Waals surface area contributed by atoms with Gasteiger partial charge in [0.1, 0.15) is 45.7 Å². The number of nitrogens with zero attached hydrogens (tertiary/aromatic N) is 2. The van der Waals surface area contributed by atoms with E-state index in [1.807, 2.05) is 0 Å². The standard InChI is InChI=1S/2C26H24ClNO5S/c2*1-2-28(21-6-4-3-5-20(21)27)34(31,32)23-15-22-24(16-7-11-18(29)12-8-16)25(26(23)33-22)17-9-13-19(30)14-10-17/h2*3-14,22-23,26,29-30H,2,15H2,1H3/t2*22-,23+,26+/m10/s1. The number of para-hydroxylation sites is 2. The van der Waals surface area contributed by atoms with E-state index >= 15 is 0 Å². The van der Waals surface area contributed by atoms with Crippen LogP contribution in [0.1, 0.15) is 48.9 Å². The molecule has 0 aromatic heterocycles. The highest BCUT2D eigenvalue weighted by molar-refractivity contribution is 7.93. The van der Waals surface area contributed by atoms with Crippen LogP contribution in [0.5, 0.6) is 23.0 Å². The Labute approximate surface area is 405 Å². The molecule has 4 bridgehead atoms. The average Bonchev–Trinajstić information content (AvgIpc) is 4.13. The molecule has 0 unspecified atom stereocenters. The minimum absolute atomic E-state index is 0.125. The van der Waals surface area contributed by atoms with Crippen molar-refractivity contribution < 1.29 is 46.7 Å². The molecule has 12 nitrogen and oxygen atoms in total. The molecule has 2 fully saturated rings. The molecular formula is C52H48Cl2N2O10S2. The summed E-state index contributed by atoms with van der Waals surface area (Å²) in [5.74, 6) is 0.552. The molecule has 6 aromatic carbocycles. The van der Waals surface area contributed by atoms with Crippen molar-refractivity contribution >= 4 is 76.9 Å². The van der Waals surface area contributed by atoms with Gasteiger partial charge in [0.2, 0.25) is 20.0 Å². The van der Waals surface area contributed by atoms with Gasteiger partial charge < -0.3 is 29.9 Å². The van der Waals surface area contributed by atoms with Gasteiger partial charge in [-0.25, -0.2) is 16.8 Å². The number of benzene rings is 6. The number of hydrogen-bond acceptors (Lipinski definition) is 10. The van der Waals surface area contributed by atoms with E-state index in [0.29, 0.717) is 34.3 Å². The Kier molecular flexibility index (Phi) is 13.0. The van der Waals surface area contributed by atoms with E-state index in [4.69, 9.17) is 32.7 Å². The van der Waals surface area contributed by atoms with Crippen molar-refractivity contribution in [1.82, 2.24) is 0 Å². The van der Waals surface area contributed by atoms with Crippen LogP contribution >= 0.6 is 23.2 Å². The number of hydrogen-bond donors (Lipinski definition) is 4. The maximum Gasteiger partial charge on any atom is 0.241 e. The molecule has 6 aromatic rings. The van der Waals surface area contributed by atoms with Gasteiger partial charge in [-0.15, -0.1) is 0 Å². The van der Waals surface area contributed by atoms with Gasteiger partial charge in [-0.3, -0.25) is 8.61 Å². The van der Waals surface area contributed by atoms with Crippen LogP contribution in [0.25, 0.3) is 22.3 Å². The number of aromatic hydroxyl groups is 4. The summed E-state index contributed by atoms with van der Waals surface area (Å²) in [6, 6.07) is 40.9. The lowest BCUT2D eigenvalue weighted by atomic mass is 9.83. The number of sulfonamides is 2. The first-order valence-electron chi connectivity index (χ1n) is 22.1. The molecule has 0 radical (unpaired) electrons. The van der Waals surface area contributed by atoms with Crippen molar-refractivity contribution in [1.29, 1.82) is 0 Å². The van der Waals surface area contributed by atoms with E-state index < -0.39 is 55.0 Å². The Morgan fingerprint density at radius 3 is 1.01 bits per heavy atom. The van der Waals surface area contributed by atoms with Crippen LogP contribution < -0.4 is 8.61 Å². The molecule has 0 amide bonds. The molecule has 2 saturated heterocycles. The molecule has 16 heteroatoms. The molecule has 68 heavy (non-hydrogen) atoms. The normalized spacial score (nSPS) is 21.8. The molecule has 0 aliphatic carbocycles. The van der Waals surface area contributed by atoms with Crippen LogP contribution in [-0.4, -0.2) is 85.3 Å². The molecule has 4 heterocycles. The SMILES string of the molecule is CCN(c1ccccc1Cl)S(=O)(=O)[C@@H]1C[C@@H]2O[C@H]1C(c1ccc(O)cc1)=C2c1ccc(O)cc1.CCN(c1ccccc1Cl)S(=O)(=O)[C@H]1C[C@H]2O[C@@H]1C(c1ccc(O)cc1)=C2c1ccc(O)cc1. The van der Waals surface area contributed by atoms with Crippen molar-refractivity contribution in [2.24, 2.45) is 0 Å². The third kappa shape index (κ3) is 8.58. The fourth-order valence-corrected chi connectivity index (χ4v) is 14.6. The van der Waals surface area contributed by atoms with E-state index in [1.54, 1.807) is 159 Å². The molecule has 352 valence electrons. The summed E-state index contributed by atoms with van der Waals surface area (Å²) in [7, 11) is -7.64. The van der Waals surface area contributed by atoms with E-state index in [9.17, 15) is 37.3 Å². The van der Waals surface area contributed by atoms with Crippen LogP contribution in [0.4, 0.5) is 11.4 Å². The fourth-order valence-electron chi connectivity index (χ4n) is 9.89. The number of rotatable bonds is 12. The number of fused-ring (bicyclic) bond motifs is 4. The average molecular weight is 996 g/mol. The minimum atomic E-state index is -3.82. The number of anilines is 2. The Morgan fingerprint density at radius 2 is 0.735 bits per heavy atom. The van der Waals surface area contributed by atoms with Crippen LogP contribution in [0.2, 0.25) is 10.0 Å². The molecule has 10 rings (SSSR count). The highest BCUT2D eigenvalue weighted by Gasteiger charge is 2.55. The highest BCUT2D eigenvalue weighted by atomic mass is 35.5. The smallest absolute Gasteiger partial charge is 0.241 e. The Bertz CT molecular complexity index is 2920. The first-order valence-corrected chi connectivity index (χ1v) is 25.9. The summed E-state index contributed by atoms with van der Waals surface area (Å²) < 4.78 is 71.0. The second-order valence-corrected chi connectivity index (χ2v) is 21.8. The first kappa shape index (κ1) is 47.1. The third-order valence-corrected chi connectivity index (χ3v) is 18.1. The lowest BCUT2D eigenvalue weighted by molar-refractivity contribution is 0.128. The maximum atomic E-state index is 13.9. The summed E-state index contributed by atoms with van der Waals surface area (Å²) in [6.45, 7) is 4.05. The van der Waals surface area contributed by atoms with Crippen LogP contribution in [0.3, 0.4) is 0 Å². The third-order valence-electron chi connectivity index (χ3n) is 12.9. The van der Waals surface area contributed by atoms with Gasteiger partial charge in [-0.05, 0) is 144 Å². The van der Waals surface area contributed by atoms with Gasteiger partial charge in [0, 0.05) is 13.1 Å². The molecule has 4 aliphatic heterocycles. The summed E-state index contributed by atoms with van der Waals surface area (Å²) in [5, 5.41) is 38.2. The Hall–Kier alpha value is -6.00.